The maximum atomic E-state index is 12.0. The van der Waals surface area contributed by atoms with Gasteiger partial charge in [-0.05, 0) is 6.92 Å². The van der Waals surface area contributed by atoms with Gasteiger partial charge in [-0.3, -0.25) is 0 Å². The van der Waals surface area contributed by atoms with Gasteiger partial charge in [0.15, 0.2) is 0 Å². The van der Waals surface area contributed by atoms with E-state index in [1.54, 1.807) is 0 Å². The van der Waals surface area contributed by atoms with Gasteiger partial charge in [-0.15, -0.1) is 0 Å². The molecule has 9 heavy (non-hydrogen) atoms. The summed E-state index contributed by atoms with van der Waals surface area (Å²) in [5.74, 6) is -2.14. The van der Waals surface area contributed by atoms with Gasteiger partial charge >= 0.3 is 5.97 Å². The minimum atomic E-state index is -3.48. The highest BCUT2D eigenvalue weighted by Gasteiger charge is 2.43. The van der Waals surface area contributed by atoms with E-state index in [0.29, 0.717) is 6.92 Å². The highest BCUT2D eigenvalue weighted by Crippen LogP contribution is 2.19. The number of aliphatic carboxylic acids is 1. The first-order chi connectivity index (χ1) is 3.89. The third-order valence-electron chi connectivity index (χ3n) is 0.828. The zero-order chi connectivity index (χ0) is 7.65. The number of halogens is 3. The lowest BCUT2D eigenvalue weighted by Gasteiger charge is -2.11. The Kier molecular flexibility index (Phi) is 2.06. The molecule has 0 aliphatic carbocycles. The molecule has 54 valence electrons. The Morgan fingerprint density at radius 1 is 1.67 bits per heavy atom. The summed E-state index contributed by atoms with van der Waals surface area (Å²) in [6.45, 7) is 0.319. The van der Waals surface area contributed by atoms with E-state index in [2.05, 4.69) is 0 Å². The maximum Gasteiger partial charge on any atom is 0.347 e. The lowest BCUT2D eigenvalue weighted by molar-refractivity contribution is -0.160. The molecule has 0 radical (unpaired) electrons. The van der Waals surface area contributed by atoms with E-state index in [4.69, 9.17) is 5.11 Å². The molecule has 0 heterocycles. The maximum absolute atomic E-state index is 12.0. The Bertz CT molecular complexity index is 121. The fourth-order valence-electron chi connectivity index (χ4n) is 0.0933. The SMILES string of the molecule is CC(F)(C(=O)O)C(F)F. The summed E-state index contributed by atoms with van der Waals surface area (Å²) < 4.78 is 34.6. The van der Waals surface area contributed by atoms with Crippen molar-refractivity contribution >= 4 is 5.97 Å². The Hall–Kier alpha value is -0.740. The third kappa shape index (κ3) is 1.58. The first kappa shape index (κ1) is 8.26. The second-order valence-corrected chi connectivity index (χ2v) is 1.68. The third-order valence-corrected chi connectivity index (χ3v) is 0.828. The summed E-state index contributed by atoms with van der Waals surface area (Å²) in [6.07, 6.45) is -3.48. The molecule has 0 bridgehead atoms. The molecule has 0 aromatic carbocycles. The molecule has 0 spiro atoms. The molecule has 1 atom stereocenters. The zero-order valence-corrected chi connectivity index (χ0v) is 4.57. The van der Waals surface area contributed by atoms with Gasteiger partial charge < -0.3 is 5.11 Å². The Morgan fingerprint density at radius 2 is 2.00 bits per heavy atom. The van der Waals surface area contributed by atoms with E-state index < -0.39 is 18.1 Å². The van der Waals surface area contributed by atoms with Crippen LogP contribution < -0.4 is 0 Å². The van der Waals surface area contributed by atoms with Crippen LogP contribution in [-0.2, 0) is 4.79 Å². The second-order valence-electron chi connectivity index (χ2n) is 1.68. The number of rotatable bonds is 2. The van der Waals surface area contributed by atoms with Crippen LogP contribution in [0, 0.1) is 0 Å². The summed E-state index contributed by atoms with van der Waals surface area (Å²) in [4.78, 5) is 9.61. The smallest absolute Gasteiger partial charge is 0.347 e. The van der Waals surface area contributed by atoms with Gasteiger partial charge in [-0.1, -0.05) is 0 Å². The number of carboxylic acids is 1. The minimum absolute atomic E-state index is 0.319. The molecule has 0 rings (SSSR count). The molecule has 5 heteroatoms. The van der Waals surface area contributed by atoms with Gasteiger partial charge in [0.25, 0.3) is 12.1 Å². The van der Waals surface area contributed by atoms with Crippen LogP contribution in [0.2, 0.25) is 0 Å². The molecular formula is C4H5F3O2. The molecular weight excluding hydrogens is 137 g/mol. The highest BCUT2D eigenvalue weighted by atomic mass is 19.3. The highest BCUT2D eigenvalue weighted by molar-refractivity contribution is 5.77. The quantitative estimate of drug-likeness (QED) is 0.625. The average Bonchev–Trinajstić information content (AvgIpc) is 1.65. The van der Waals surface area contributed by atoms with Crippen LogP contribution in [-0.4, -0.2) is 23.2 Å². The van der Waals surface area contributed by atoms with Crippen molar-refractivity contribution in [1.82, 2.24) is 0 Å². The number of alkyl halides is 3. The molecule has 0 aliphatic rings. The summed E-state index contributed by atoms with van der Waals surface area (Å²) in [6, 6.07) is 0. The van der Waals surface area contributed by atoms with Gasteiger partial charge in [0, 0.05) is 0 Å². The molecule has 0 saturated heterocycles. The van der Waals surface area contributed by atoms with E-state index in [1.165, 1.54) is 0 Å². The molecule has 0 aromatic heterocycles. The van der Waals surface area contributed by atoms with E-state index >= 15 is 0 Å². The van der Waals surface area contributed by atoms with Crippen LogP contribution in [0.5, 0.6) is 0 Å². The number of hydrogen-bond donors (Lipinski definition) is 1. The van der Waals surface area contributed by atoms with Crippen molar-refractivity contribution < 1.29 is 23.1 Å². The van der Waals surface area contributed by atoms with Crippen LogP contribution >= 0.6 is 0 Å². The Labute approximate surface area is 49.3 Å². The molecule has 2 nitrogen and oxygen atoms in total. The largest absolute Gasteiger partial charge is 0.479 e. The van der Waals surface area contributed by atoms with Gasteiger partial charge in [-0.2, -0.15) is 0 Å². The standard InChI is InChI=1S/C4H5F3O2/c1-4(7,2(5)6)3(8)9/h2H,1H3,(H,8,9). The fraction of sp³-hybridized carbons (Fsp3) is 0.750. The van der Waals surface area contributed by atoms with Crippen LogP contribution in [0.15, 0.2) is 0 Å². The van der Waals surface area contributed by atoms with Crippen molar-refractivity contribution in [2.24, 2.45) is 0 Å². The van der Waals surface area contributed by atoms with Gasteiger partial charge in [0.05, 0.1) is 0 Å². The Balaban J connectivity index is 4.19. The summed E-state index contributed by atoms with van der Waals surface area (Å²) in [5.41, 5.74) is -3.42. The lowest BCUT2D eigenvalue weighted by atomic mass is 10.1. The van der Waals surface area contributed by atoms with E-state index in [0.717, 1.165) is 0 Å². The molecule has 0 amide bonds. The zero-order valence-electron chi connectivity index (χ0n) is 4.57. The fourth-order valence-corrected chi connectivity index (χ4v) is 0.0933. The molecule has 0 aromatic rings. The summed E-state index contributed by atoms with van der Waals surface area (Å²) in [7, 11) is 0. The van der Waals surface area contributed by atoms with E-state index in [9.17, 15) is 18.0 Å². The number of hydrogen-bond acceptors (Lipinski definition) is 1. The van der Waals surface area contributed by atoms with Crippen molar-refractivity contribution in [3.63, 3.8) is 0 Å². The van der Waals surface area contributed by atoms with Crippen molar-refractivity contribution in [2.45, 2.75) is 19.0 Å². The number of carbonyl (C=O) groups is 1. The molecule has 1 unspecified atom stereocenters. The van der Waals surface area contributed by atoms with Crippen molar-refractivity contribution in [3.8, 4) is 0 Å². The van der Waals surface area contributed by atoms with Crippen molar-refractivity contribution in [3.05, 3.63) is 0 Å². The second kappa shape index (κ2) is 2.24. The first-order valence-corrected chi connectivity index (χ1v) is 2.09. The Morgan fingerprint density at radius 3 is 2.00 bits per heavy atom. The minimum Gasteiger partial charge on any atom is -0.479 e. The van der Waals surface area contributed by atoms with Crippen molar-refractivity contribution in [1.29, 1.82) is 0 Å². The monoisotopic (exact) mass is 142 g/mol. The molecule has 0 aliphatic heterocycles. The lowest BCUT2D eigenvalue weighted by Crippen LogP contribution is -2.37. The summed E-state index contributed by atoms with van der Waals surface area (Å²) in [5, 5.41) is 7.76. The average molecular weight is 142 g/mol. The van der Waals surface area contributed by atoms with E-state index in [1.807, 2.05) is 0 Å². The van der Waals surface area contributed by atoms with Crippen LogP contribution in [0.4, 0.5) is 13.2 Å². The van der Waals surface area contributed by atoms with Crippen LogP contribution in [0.25, 0.3) is 0 Å². The van der Waals surface area contributed by atoms with Gasteiger partial charge in [0.2, 0.25) is 0 Å². The van der Waals surface area contributed by atoms with E-state index in [-0.39, 0.29) is 0 Å². The van der Waals surface area contributed by atoms with Gasteiger partial charge in [0.1, 0.15) is 0 Å². The predicted molar refractivity (Wildman–Crippen MR) is 23.2 cm³/mol. The normalized spacial score (nSPS) is 17.4. The predicted octanol–water partition coefficient (Wildman–Crippen LogP) is 1.06. The van der Waals surface area contributed by atoms with Crippen molar-refractivity contribution in [2.75, 3.05) is 0 Å². The first-order valence-electron chi connectivity index (χ1n) is 2.09. The van der Waals surface area contributed by atoms with Gasteiger partial charge in [-0.25, -0.2) is 18.0 Å². The van der Waals surface area contributed by atoms with Crippen LogP contribution in [0.3, 0.4) is 0 Å². The molecule has 1 N–H and O–H groups in total. The molecule has 0 fully saturated rings. The topological polar surface area (TPSA) is 37.3 Å². The van der Waals surface area contributed by atoms with Crippen LogP contribution in [0.1, 0.15) is 6.92 Å². The summed E-state index contributed by atoms with van der Waals surface area (Å²) >= 11 is 0. The molecule has 0 saturated carbocycles. The number of carboxylic acid groups (broad SMARTS) is 1.